The van der Waals surface area contributed by atoms with Crippen molar-refractivity contribution in [2.45, 2.75) is 16.2 Å². The molecule has 0 saturated carbocycles. The number of anilines is 1. The molecule has 0 atom stereocenters. The molecule has 78 valence electrons. The van der Waals surface area contributed by atoms with Crippen LogP contribution in [0.25, 0.3) is 0 Å². The zero-order chi connectivity index (χ0) is 10.8. The molecule has 1 aromatic carbocycles. The van der Waals surface area contributed by atoms with Crippen molar-refractivity contribution in [1.82, 2.24) is 10.2 Å². The molecule has 2 N–H and O–H groups in total. The van der Waals surface area contributed by atoms with Crippen LogP contribution in [0.4, 0.5) is 10.1 Å². The van der Waals surface area contributed by atoms with Crippen molar-refractivity contribution < 1.29 is 4.39 Å². The summed E-state index contributed by atoms with van der Waals surface area (Å²) in [7, 11) is 0. The Morgan fingerprint density at radius 1 is 1.40 bits per heavy atom. The highest BCUT2D eigenvalue weighted by molar-refractivity contribution is 8.01. The topological polar surface area (TPSA) is 51.8 Å². The molecule has 3 nitrogen and oxygen atoms in total. The highest BCUT2D eigenvalue weighted by Crippen LogP contribution is 2.33. The summed E-state index contributed by atoms with van der Waals surface area (Å²) in [5.74, 6) is -0.298. The van der Waals surface area contributed by atoms with E-state index in [1.54, 1.807) is 6.07 Å². The van der Waals surface area contributed by atoms with Gasteiger partial charge in [-0.15, -0.1) is 10.2 Å². The Balaban J connectivity index is 2.27. The Morgan fingerprint density at radius 2 is 2.20 bits per heavy atom. The molecule has 2 aromatic rings. The lowest BCUT2D eigenvalue weighted by Gasteiger charge is -2.01. The second-order valence-electron chi connectivity index (χ2n) is 2.87. The van der Waals surface area contributed by atoms with Gasteiger partial charge in [-0.05, 0) is 25.1 Å². The Kier molecular flexibility index (Phi) is 2.88. The van der Waals surface area contributed by atoms with Crippen molar-refractivity contribution >= 4 is 28.8 Å². The van der Waals surface area contributed by atoms with Gasteiger partial charge in [-0.25, -0.2) is 4.39 Å². The zero-order valence-electron chi connectivity index (χ0n) is 7.90. The highest BCUT2D eigenvalue weighted by Gasteiger charge is 2.07. The predicted octanol–water partition coefficient (Wildman–Crippen LogP) is 2.72. The third-order valence-electron chi connectivity index (χ3n) is 1.68. The summed E-state index contributed by atoms with van der Waals surface area (Å²) in [5.41, 5.74) is 6.26. The van der Waals surface area contributed by atoms with Crippen LogP contribution in [0, 0.1) is 12.7 Å². The first-order chi connectivity index (χ1) is 7.15. The molecule has 0 spiro atoms. The molecule has 15 heavy (non-hydrogen) atoms. The molecular weight excluding hydrogens is 233 g/mol. The van der Waals surface area contributed by atoms with Crippen LogP contribution in [0.5, 0.6) is 0 Å². The minimum atomic E-state index is -0.298. The molecule has 0 aliphatic rings. The first-order valence-corrected chi connectivity index (χ1v) is 5.81. The molecule has 1 aromatic heterocycles. The molecule has 0 unspecified atom stereocenters. The van der Waals surface area contributed by atoms with Gasteiger partial charge >= 0.3 is 0 Å². The normalized spacial score (nSPS) is 10.5. The third-order valence-corrected chi connectivity index (χ3v) is 3.64. The second kappa shape index (κ2) is 4.16. The van der Waals surface area contributed by atoms with E-state index < -0.39 is 0 Å². The fourth-order valence-electron chi connectivity index (χ4n) is 1.01. The maximum Gasteiger partial charge on any atom is 0.179 e. The van der Waals surface area contributed by atoms with E-state index in [0.717, 1.165) is 9.35 Å². The largest absolute Gasteiger partial charge is 0.398 e. The quantitative estimate of drug-likeness (QED) is 0.821. The zero-order valence-corrected chi connectivity index (χ0v) is 9.53. The van der Waals surface area contributed by atoms with E-state index in [4.69, 9.17) is 5.73 Å². The lowest BCUT2D eigenvalue weighted by molar-refractivity contribution is 0.624. The molecule has 0 radical (unpaired) electrons. The smallest absolute Gasteiger partial charge is 0.179 e. The van der Waals surface area contributed by atoms with E-state index in [-0.39, 0.29) is 5.82 Å². The molecule has 0 fully saturated rings. The minimum absolute atomic E-state index is 0.298. The maximum atomic E-state index is 13.0. The molecule has 1 heterocycles. The molecule has 0 bridgehead atoms. The molecule has 2 rings (SSSR count). The van der Waals surface area contributed by atoms with E-state index in [1.165, 1.54) is 35.2 Å². The monoisotopic (exact) mass is 241 g/mol. The van der Waals surface area contributed by atoms with Crippen LogP contribution >= 0.6 is 23.1 Å². The van der Waals surface area contributed by atoms with Gasteiger partial charge in [0.05, 0.1) is 0 Å². The standard InChI is InChI=1S/C9H8FN3S2/c1-5-12-13-9(14-5)15-8-4-6(10)2-3-7(8)11/h2-4H,11H2,1H3. The van der Waals surface area contributed by atoms with Crippen molar-refractivity contribution in [3.05, 3.63) is 29.0 Å². The number of hydrogen-bond acceptors (Lipinski definition) is 5. The Hall–Kier alpha value is -1.14. The van der Waals surface area contributed by atoms with Crippen LogP contribution in [-0.4, -0.2) is 10.2 Å². The van der Waals surface area contributed by atoms with Gasteiger partial charge in [-0.3, -0.25) is 0 Å². The number of nitrogens with zero attached hydrogens (tertiary/aromatic N) is 2. The van der Waals surface area contributed by atoms with Crippen LogP contribution in [0.3, 0.4) is 0 Å². The Bertz CT molecular complexity index is 484. The summed E-state index contributed by atoms with van der Waals surface area (Å²) in [5, 5.41) is 8.70. The van der Waals surface area contributed by atoms with Crippen molar-refractivity contribution in [2.24, 2.45) is 0 Å². The van der Waals surface area contributed by atoms with Crippen molar-refractivity contribution in [1.29, 1.82) is 0 Å². The highest BCUT2D eigenvalue weighted by atomic mass is 32.2. The van der Waals surface area contributed by atoms with E-state index in [1.807, 2.05) is 6.92 Å². The molecular formula is C9H8FN3S2. The van der Waals surface area contributed by atoms with Gasteiger partial charge < -0.3 is 5.73 Å². The van der Waals surface area contributed by atoms with Gasteiger partial charge in [0.15, 0.2) is 4.34 Å². The lowest BCUT2D eigenvalue weighted by Crippen LogP contribution is -1.89. The first-order valence-electron chi connectivity index (χ1n) is 4.18. The summed E-state index contributed by atoms with van der Waals surface area (Å²) in [6, 6.07) is 4.28. The van der Waals surface area contributed by atoms with Crippen molar-refractivity contribution in [3.8, 4) is 0 Å². The molecule has 0 aliphatic carbocycles. The van der Waals surface area contributed by atoms with E-state index in [9.17, 15) is 4.39 Å². The van der Waals surface area contributed by atoms with Crippen molar-refractivity contribution in [2.75, 3.05) is 5.73 Å². The molecule has 6 heteroatoms. The predicted molar refractivity (Wildman–Crippen MR) is 59.6 cm³/mol. The number of aromatic nitrogens is 2. The number of nitrogens with two attached hydrogens (primary N) is 1. The average molecular weight is 241 g/mol. The number of halogens is 1. The Labute approximate surface area is 94.5 Å². The first kappa shape index (κ1) is 10.4. The summed E-state index contributed by atoms with van der Waals surface area (Å²) >= 11 is 2.79. The maximum absolute atomic E-state index is 13.0. The average Bonchev–Trinajstić information content (AvgIpc) is 2.58. The van der Waals surface area contributed by atoms with Crippen LogP contribution in [-0.2, 0) is 0 Å². The van der Waals surface area contributed by atoms with Gasteiger partial charge in [0.1, 0.15) is 10.8 Å². The van der Waals surface area contributed by atoms with Gasteiger partial charge in [0, 0.05) is 10.6 Å². The number of nitrogen functional groups attached to an aromatic ring is 1. The number of aryl methyl sites for hydroxylation is 1. The number of hydrogen-bond donors (Lipinski definition) is 1. The van der Waals surface area contributed by atoms with Crippen LogP contribution in [0.1, 0.15) is 5.01 Å². The number of benzene rings is 1. The SMILES string of the molecule is Cc1nnc(Sc2cc(F)ccc2N)s1. The summed E-state index contributed by atoms with van der Waals surface area (Å²) in [6.45, 7) is 1.87. The van der Waals surface area contributed by atoms with E-state index in [0.29, 0.717) is 10.6 Å². The summed E-state index contributed by atoms with van der Waals surface area (Å²) in [4.78, 5) is 0.672. The summed E-state index contributed by atoms with van der Waals surface area (Å²) < 4.78 is 13.7. The second-order valence-corrected chi connectivity index (χ2v) is 5.34. The number of rotatable bonds is 2. The van der Waals surface area contributed by atoms with Crippen LogP contribution in [0.2, 0.25) is 0 Å². The fourth-order valence-corrected chi connectivity index (χ4v) is 2.85. The summed E-state index contributed by atoms with van der Waals surface area (Å²) in [6.07, 6.45) is 0. The molecule has 0 saturated heterocycles. The van der Waals surface area contributed by atoms with Crippen molar-refractivity contribution in [3.63, 3.8) is 0 Å². The van der Waals surface area contributed by atoms with Crippen LogP contribution < -0.4 is 5.73 Å². The minimum Gasteiger partial charge on any atom is -0.398 e. The lowest BCUT2D eigenvalue weighted by atomic mass is 10.3. The van der Waals surface area contributed by atoms with Gasteiger partial charge in [-0.1, -0.05) is 23.1 Å². The van der Waals surface area contributed by atoms with Gasteiger partial charge in [-0.2, -0.15) is 0 Å². The van der Waals surface area contributed by atoms with Gasteiger partial charge in [0.2, 0.25) is 0 Å². The fraction of sp³-hybridized carbons (Fsp3) is 0.111. The van der Waals surface area contributed by atoms with Gasteiger partial charge in [0.25, 0.3) is 0 Å². The molecule has 0 aliphatic heterocycles. The van der Waals surface area contributed by atoms with E-state index >= 15 is 0 Å². The molecule has 0 amide bonds. The van der Waals surface area contributed by atoms with Crippen LogP contribution in [0.15, 0.2) is 27.4 Å². The third kappa shape index (κ3) is 2.45. The van der Waals surface area contributed by atoms with E-state index in [2.05, 4.69) is 10.2 Å². The Morgan fingerprint density at radius 3 is 2.87 bits per heavy atom.